The number of carbonyl (C=O) groups excluding carboxylic acids is 2. The summed E-state index contributed by atoms with van der Waals surface area (Å²) in [6.07, 6.45) is -0.372. The van der Waals surface area contributed by atoms with Gasteiger partial charge in [-0.1, -0.05) is 18.2 Å². The largest absolute Gasteiger partial charge is 0.453 e. The van der Waals surface area contributed by atoms with Crippen LogP contribution in [0, 0.1) is 17.6 Å². The number of sulfonamides is 1. The molecule has 3 N–H and O–H groups in total. The van der Waals surface area contributed by atoms with Gasteiger partial charge in [0.15, 0.2) is 0 Å². The number of fused-ring (bicyclic) bond motifs is 2. The van der Waals surface area contributed by atoms with Crippen LogP contribution in [0.25, 0.3) is 0 Å². The van der Waals surface area contributed by atoms with Crippen molar-refractivity contribution in [2.75, 3.05) is 31.3 Å². The van der Waals surface area contributed by atoms with E-state index in [1.165, 1.54) is 34.6 Å². The highest BCUT2D eigenvalue weighted by Gasteiger charge is 2.52. The molecule has 2 saturated heterocycles. The van der Waals surface area contributed by atoms with E-state index < -0.39 is 76.3 Å². The predicted octanol–water partition coefficient (Wildman–Crippen LogP) is 4.16. The van der Waals surface area contributed by atoms with Crippen LogP contribution in [0.5, 0.6) is 0 Å². The number of hydrogen-bond donors (Lipinski definition) is 3. The second kappa shape index (κ2) is 13.0. The summed E-state index contributed by atoms with van der Waals surface area (Å²) in [7, 11) is -2.37. The lowest BCUT2D eigenvalue weighted by Crippen LogP contribution is -2.57. The van der Waals surface area contributed by atoms with Gasteiger partial charge in [0.2, 0.25) is 21.9 Å². The third kappa shape index (κ3) is 7.18. The molecular formula is C30H36F4N4O5S. The van der Waals surface area contributed by atoms with Crippen molar-refractivity contribution in [2.45, 2.75) is 68.5 Å². The fraction of sp³-hybridized carbons (Fsp3) is 0.533. The monoisotopic (exact) mass is 640 g/mol. The van der Waals surface area contributed by atoms with Crippen LogP contribution in [0.4, 0.5) is 28.0 Å². The maximum absolute atomic E-state index is 15.2. The zero-order valence-electron chi connectivity index (χ0n) is 24.2. The number of benzene rings is 2. The van der Waals surface area contributed by atoms with Crippen molar-refractivity contribution in [1.82, 2.24) is 14.9 Å². The summed E-state index contributed by atoms with van der Waals surface area (Å²) in [6, 6.07) is 7.38. The molecule has 0 radical (unpaired) electrons. The van der Waals surface area contributed by atoms with Crippen LogP contribution in [0.15, 0.2) is 42.5 Å². The van der Waals surface area contributed by atoms with E-state index in [1.54, 1.807) is 0 Å². The molecule has 2 aliphatic heterocycles. The highest BCUT2D eigenvalue weighted by atomic mass is 32.2. The maximum Gasteiger partial charge on any atom is 0.407 e. The number of rotatable bonds is 9. The Labute approximate surface area is 253 Å². The van der Waals surface area contributed by atoms with Crippen LogP contribution in [-0.2, 0) is 26.0 Å². The third-order valence-electron chi connectivity index (χ3n) is 8.85. The second-order valence-corrected chi connectivity index (χ2v) is 13.8. The van der Waals surface area contributed by atoms with Crippen molar-refractivity contribution in [1.29, 1.82) is 0 Å². The van der Waals surface area contributed by atoms with Crippen molar-refractivity contribution in [3.8, 4) is 0 Å². The van der Waals surface area contributed by atoms with Crippen molar-refractivity contribution < 1.29 is 40.3 Å². The Kier molecular flexibility index (Phi) is 9.52. The summed E-state index contributed by atoms with van der Waals surface area (Å²) in [6.45, 7) is 0.760. The lowest BCUT2D eigenvalue weighted by Gasteiger charge is -2.43. The fourth-order valence-electron chi connectivity index (χ4n) is 6.58. The number of halogens is 4. The second-order valence-electron chi connectivity index (χ2n) is 11.8. The lowest BCUT2D eigenvalue weighted by molar-refractivity contribution is -0.130. The quantitative estimate of drug-likeness (QED) is 0.355. The molecule has 0 aromatic heterocycles. The molecule has 0 spiro atoms. The van der Waals surface area contributed by atoms with E-state index in [4.69, 9.17) is 4.74 Å². The molecule has 2 amide bonds. The van der Waals surface area contributed by atoms with E-state index in [9.17, 15) is 31.2 Å². The van der Waals surface area contributed by atoms with Gasteiger partial charge in [-0.25, -0.2) is 30.8 Å². The third-order valence-corrected chi connectivity index (χ3v) is 10.8. The minimum atomic E-state index is -3.46. The number of alkyl halides is 2. The van der Waals surface area contributed by atoms with E-state index in [-0.39, 0.29) is 35.9 Å². The van der Waals surface area contributed by atoms with Crippen molar-refractivity contribution in [3.63, 3.8) is 0 Å². The van der Waals surface area contributed by atoms with Crippen LogP contribution in [-0.4, -0.2) is 74.7 Å². The normalized spacial score (nSPS) is 25.5. The summed E-state index contributed by atoms with van der Waals surface area (Å²) >= 11 is 0. The fourth-order valence-corrected chi connectivity index (χ4v) is 8.39. The number of alkyl carbamates (subject to hydrolysis) is 1. The number of piperazine rings is 1. The first-order valence-corrected chi connectivity index (χ1v) is 16.3. The van der Waals surface area contributed by atoms with Gasteiger partial charge in [-0.15, -0.1) is 0 Å². The number of nitrogens with one attached hydrogen (secondary N) is 3. The number of nitrogens with zero attached hydrogens (tertiary/aromatic N) is 1. The Morgan fingerprint density at radius 3 is 2.55 bits per heavy atom. The maximum atomic E-state index is 15.2. The zero-order chi connectivity index (χ0) is 31.6. The first-order valence-electron chi connectivity index (χ1n) is 14.7. The van der Waals surface area contributed by atoms with Crippen LogP contribution in [0.2, 0.25) is 0 Å². The van der Waals surface area contributed by atoms with Gasteiger partial charge < -0.3 is 20.7 Å². The Bertz CT molecular complexity index is 1470. The summed E-state index contributed by atoms with van der Waals surface area (Å²) < 4.78 is 88.9. The number of hydrogen-bond acceptors (Lipinski definition) is 6. The summed E-state index contributed by atoms with van der Waals surface area (Å²) in [4.78, 5) is 26.2. The topological polar surface area (TPSA) is 117 Å². The van der Waals surface area contributed by atoms with Gasteiger partial charge in [0.05, 0.1) is 12.9 Å². The lowest BCUT2D eigenvalue weighted by atomic mass is 9.67. The summed E-state index contributed by atoms with van der Waals surface area (Å²) in [5.41, 5.74) is 0.606. The first-order chi connectivity index (χ1) is 20.9. The number of carbonyl (C=O) groups is 2. The van der Waals surface area contributed by atoms with Gasteiger partial charge in [0.1, 0.15) is 17.7 Å². The molecule has 5 rings (SSSR count). The first kappa shape index (κ1) is 32.2. The highest BCUT2D eigenvalue weighted by molar-refractivity contribution is 7.89. The molecule has 1 saturated carbocycles. The molecule has 14 heteroatoms. The zero-order valence-corrected chi connectivity index (χ0v) is 25.0. The molecule has 44 heavy (non-hydrogen) atoms. The summed E-state index contributed by atoms with van der Waals surface area (Å²) in [5.74, 6) is -6.57. The molecule has 3 fully saturated rings. The van der Waals surface area contributed by atoms with Crippen LogP contribution < -0.4 is 16.0 Å². The van der Waals surface area contributed by atoms with Gasteiger partial charge in [0, 0.05) is 55.2 Å². The highest BCUT2D eigenvalue weighted by Crippen LogP contribution is 2.50. The SMILES string of the molecule is COC(=O)N[C@H](C(=O)Nc1cccc(F)c1CCC1CNC2CCCS(=O)(=O)N1C2)[C@H](c1ccc(F)cc1)C1CC(F)(F)C1. The Morgan fingerprint density at radius 1 is 1.14 bits per heavy atom. The standard InChI is InChI=1S/C30H36F4N4O5S/c1-43-29(40)37-27(26(19-14-30(33,34)15-19)18-7-9-20(31)10-8-18)28(39)36-25-6-2-5-24(32)23(25)12-11-22-16-35-21-4-3-13-44(41,42)38(22)17-21/h2,5-10,19,21-22,26-27,35H,3-4,11-17H2,1H3,(H,36,39)(H,37,40)/t21?,22?,26-,27+/m1/s1. The minimum absolute atomic E-state index is 0.0550. The Morgan fingerprint density at radius 2 is 1.86 bits per heavy atom. The molecular weight excluding hydrogens is 604 g/mol. The van der Waals surface area contributed by atoms with Gasteiger partial charge in [0.25, 0.3) is 0 Å². The number of amides is 2. The van der Waals surface area contributed by atoms with Crippen molar-refractivity contribution >= 4 is 27.7 Å². The molecule has 2 heterocycles. The number of methoxy groups -OCH3 is 1. The molecule has 3 unspecified atom stereocenters. The predicted molar refractivity (Wildman–Crippen MR) is 155 cm³/mol. The van der Waals surface area contributed by atoms with E-state index in [2.05, 4.69) is 16.0 Å². The van der Waals surface area contributed by atoms with Crippen LogP contribution >= 0.6 is 0 Å². The van der Waals surface area contributed by atoms with Crippen molar-refractivity contribution in [3.05, 3.63) is 65.2 Å². The minimum Gasteiger partial charge on any atom is -0.453 e. The van der Waals surface area contributed by atoms with E-state index in [1.807, 2.05) is 0 Å². The average Bonchev–Trinajstić information content (AvgIpc) is 3.08. The van der Waals surface area contributed by atoms with Gasteiger partial charge >= 0.3 is 6.09 Å². The molecule has 3 aliphatic rings. The summed E-state index contributed by atoms with van der Waals surface area (Å²) in [5, 5.41) is 8.49. The van der Waals surface area contributed by atoms with E-state index >= 15 is 4.39 Å². The van der Waals surface area contributed by atoms with E-state index in [0.29, 0.717) is 25.1 Å². The van der Waals surface area contributed by atoms with Gasteiger partial charge in [-0.05, 0) is 61.4 Å². The molecule has 240 valence electrons. The molecule has 2 aromatic carbocycles. The van der Waals surface area contributed by atoms with Gasteiger partial charge in [-0.2, -0.15) is 4.31 Å². The van der Waals surface area contributed by atoms with Gasteiger partial charge in [-0.3, -0.25) is 4.79 Å². The Hall–Kier alpha value is -3.23. The number of ether oxygens (including phenoxy) is 1. The number of anilines is 1. The smallest absolute Gasteiger partial charge is 0.407 e. The molecule has 9 nitrogen and oxygen atoms in total. The van der Waals surface area contributed by atoms with Crippen molar-refractivity contribution in [2.24, 2.45) is 5.92 Å². The van der Waals surface area contributed by atoms with Crippen LogP contribution in [0.3, 0.4) is 0 Å². The van der Waals surface area contributed by atoms with E-state index in [0.717, 1.165) is 25.7 Å². The van der Waals surface area contributed by atoms with Crippen LogP contribution in [0.1, 0.15) is 49.1 Å². The molecule has 2 bridgehead atoms. The Balaban J connectivity index is 1.40. The molecule has 5 atom stereocenters. The molecule has 1 aliphatic carbocycles. The molecule has 2 aromatic rings. The average molecular weight is 641 g/mol.